The van der Waals surface area contributed by atoms with E-state index in [1.54, 1.807) is 12.1 Å². The van der Waals surface area contributed by atoms with Gasteiger partial charge in [-0.2, -0.15) is 4.39 Å². The molecule has 7 nitrogen and oxygen atoms in total. The number of carbonyl (C=O) groups excluding carboxylic acids is 2. The van der Waals surface area contributed by atoms with Crippen LogP contribution in [0, 0.1) is 15.9 Å². The number of para-hydroxylation sites is 1. The summed E-state index contributed by atoms with van der Waals surface area (Å²) in [6.45, 7) is 3.32. The maximum Gasteiger partial charge on any atom is 0.317 e. The van der Waals surface area contributed by atoms with Crippen molar-refractivity contribution in [1.82, 2.24) is 10.2 Å². The number of nitrogens with zero attached hydrogens (tertiary/aromatic N) is 2. The number of unbranched alkanes of at least 4 members (excludes halogenated alkanes) is 2. The number of amides is 2. The average molecular weight is 413 g/mol. The third-order valence-electron chi connectivity index (χ3n) is 5.23. The summed E-state index contributed by atoms with van der Waals surface area (Å²) in [5, 5.41) is 14.1. The molecule has 0 aliphatic carbocycles. The van der Waals surface area contributed by atoms with E-state index in [0.717, 1.165) is 36.5 Å². The molecule has 8 heteroatoms. The van der Waals surface area contributed by atoms with Gasteiger partial charge in [-0.15, -0.1) is 0 Å². The molecule has 0 radical (unpaired) electrons. The first-order valence-corrected chi connectivity index (χ1v) is 10.0. The van der Waals surface area contributed by atoms with Crippen LogP contribution in [-0.4, -0.2) is 34.7 Å². The third kappa shape index (κ3) is 4.64. The van der Waals surface area contributed by atoms with Gasteiger partial charge in [-0.25, -0.2) is 0 Å². The summed E-state index contributed by atoms with van der Waals surface area (Å²) < 4.78 is 13.9. The summed E-state index contributed by atoms with van der Waals surface area (Å²) in [6, 6.07) is 8.87. The van der Waals surface area contributed by atoms with Crippen LogP contribution in [0.3, 0.4) is 0 Å². The minimum Gasteiger partial charge on any atom is -0.352 e. The Labute approximate surface area is 174 Å². The lowest BCUT2D eigenvalue weighted by Crippen LogP contribution is -2.36. The Balaban J connectivity index is 1.72. The SMILES string of the molecule is CCCCCNC(=O)c1ccc2c(c1)CCN(C(=O)c1cccc(F)c1[N+](=O)[O-])C2. The number of nitrogens with one attached hydrogen (secondary N) is 1. The van der Waals surface area contributed by atoms with E-state index >= 15 is 0 Å². The van der Waals surface area contributed by atoms with E-state index in [4.69, 9.17) is 0 Å². The number of carbonyl (C=O) groups is 2. The zero-order valence-corrected chi connectivity index (χ0v) is 16.8. The largest absolute Gasteiger partial charge is 0.352 e. The highest BCUT2D eigenvalue weighted by Crippen LogP contribution is 2.27. The second kappa shape index (κ2) is 9.47. The van der Waals surface area contributed by atoms with E-state index in [-0.39, 0.29) is 18.0 Å². The Bertz CT molecular complexity index is 977. The van der Waals surface area contributed by atoms with Gasteiger partial charge < -0.3 is 10.2 Å². The van der Waals surface area contributed by atoms with Gasteiger partial charge >= 0.3 is 5.69 Å². The van der Waals surface area contributed by atoms with E-state index in [9.17, 15) is 24.1 Å². The van der Waals surface area contributed by atoms with Crippen molar-refractivity contribution in [1.29, 1.82) is 0 Å². The molecule has 2 aromatic carbocycles. The average Bonchev–Trinajstić information content (AvgIpc) is 2.74. The van der Waals surface area contributed by atoms with Gasteiger partial charge in [-0.3, -0.25) is 19.7 Å². The van der Waals surface area contributed by atoms with Crippen LogP contribution in [0.4, 0.5) is 10.1 Å². The van der Waals surface area contributed by atoms with E-state index in [1.165, 1.54) is 17.0 Å². The molecular weight excluding hydrogens is 389 g/mol. The molecule has 0 saturated heterocycles. The van der Waals surface area contributed by atoms with Crippen LogP contribution in [0.2, 0.25) is 0 Å². The summed E-state index contributed by atoms with van der Waals surface area (Å²) in [5.41, 5.74) is 1.35. The Morgan fingerprint density at radius 3 is 2.73 bits per heavy atom. The van der Waals surface area contributed by atoms with Crippen LogP contribution in [0.25, 0.3) is 0 Å². The van der Waals surface area contributed by atoms with Crippen LogP contribution in [0.1, 0.15) is 58.0 Å². The van der Waals surface area contributed by atoms with E-state index < -0.39 is 22.3 Å². The first kappa shape index (κ1) is 21.4. The highest BCUT2D eigenvalue weighted by Gasteiger charge is 2.30. The predicted octanol–water partition coefficient (Wildman–Crippen LogP) is 3.85. The number of rotatable bonds is 7. The highest BCUT2D eigenvalue weighted by atomic mass is 19.1. The molecule has 2 amide bonds. The van der Waals surface area contributed by atoms with Crippen molar-refractivity contribution >= 4 is 17.5 Å². The van der Waals surface area contributed by atoms with Crippen molar-refractivity contribution < 1.29 is 18.9 Å². The number of nitro groups is 1. The first-order valence-electron chi connectivity index (χ1n) is 10.0. The fourth-order valence-corrected chi connectivity index (χ4v) is 3.59. The molecule has 0 fully saturated rings. The lowest BCUT2D eigenvalue weighted by Gasteiger charge is -2.29. The Hall–Kier alpha value is -3.29. The smallest absolute Gasteiger partial charge is 0.317 e. The molecular formula is C22H24FN3O4. The highest BCUT2D eigenvalue weighted by molar-refractivity contribution is 5.98. The van der Waals surface area contributed by atoms with Gasteiger partial charge in [-0.1, -0.05) is 31.9 Å². The molecule has 2 aromatic rings. The van der Waals surface area contributed by atoms with Gasteiger partial charge in [0.05, 0.1) is 4.92 Å². The minimum atomic E-state index is -1.03. The van der Waals surface area contributed by atoms with Crippen molar-refractivity contribution in [2.75, 3.05) is 13.1 Å². The van der Waals surface area contributed by atoms with Crippen LogP contribution in [0.15, 0.2) is 36.4 Å². The van der Waals surface area contributed by atoms with Crippen molar-refractivity contribution in [3.8, 4) is 0 Å². The Morgan fingerprint density at radius 1 is 1.20 bits per heavy atom. The maximum absolute atomic E-state index is 13.9. The van der Waals surface area contributed by atoms with E-state index in [1.807, 2.05) is 6.07 Å². The molecule has 0 spiro atoms. The fourth-order valence-electron chi connectivity index (χ4n) is 3.59. The molecule has 1 heterocycles. The molecule has 30 heavy (non-hydrogen) atoms. The second-order valence-electron chi connectivity index (χ2n) is 7.32. The molecule has 1 aliphatic heterocycles. The normalized spacial score (nSPS) is 12.9. The second-order valence-corrected chi connectivity index (χ2v) is 7.32. The number of nitro benzene ring substituents is 1. The number of hydrogen-bond acceptors (Lipinski definition) is 4. The van der Waals surface area contributed by atoms with E-state index in [0.29, 0.717) is 25.1 Å². The number of fused-ring (bicyclic) bond motifs is 1. The molecule has 0 atom stereocenters. The quantitative estimate of drug-likeness (QED) is 0.424. The Kier molecular flexibility index (Phi) is 6.76. The van der Waals surface area contributed by atoms with Gasteiger partial charge in [0.15, 0.2) is 0 Å². The van der Waals surface area contributed by atoms with Crippen LogP contribution in [-0.2, 0) is 13.0 Å². The topological polar surface area (TPSA) is 92.6 Å². The number of halogens is 1. The summed E-state index contributed by atoms with van der Waals surface area (Å²) >= 11 is 0. The lowest BCUT2D eigenvalue weighted by molar-refractivity contribution is -0.387. The molecule has 1 aliphatic rings. The van der Waals surface area contributed by atoms with Crippen LogP contribution < -0.4 is 5.32 Å². The van der Waals surface area contributed by atoms with Crippen LogP contribution in [0.5, 0.6) is 0 Å². The monoisotopic (exact) mass is 413 g/mol. The van der Waals surface area contributed by atoms with Gasteiger partial charge in [0, 0.05) is 25.2 Å². The molecule has 0 aromatic heterocycles. The van der Waals surface area contributed by atoms with Gasteiger partial charge in [0.2, 0.25) is 5.82 Å². The first-order chi connectivity index (χ1) is 14.4. The van der Waals surface area contributed by atoms with E-state index in [2.05, 4.69) is 12.2 Å². The molecule has 1 N–H and O–H groups in total. The minimum absolute atomic E-state index is 0.122. The third-order valence-corrected chi connectivity index (χ3v) is 5.23. The number of benzene rings is 2. The van der Waals surface area contributed by atoms with Crippen molar-refractivity contribution in [2.45, 2.75) is 39.2 Å². The molecule has 3 rings (SSSR count). The molecule has 158 valence electrons. The summed E-state index contributed by atoms with van der Waals surface area (Å²) in [7, 11) is 0. The Morgan fingerprint density at radius 2 is 2.00 bits per heavy atom. The zero-order valence-electron chi connectivity index (χ0n) is 16.8. The predicted molar refractivity (Wildman–Crippen MR) is 110 cm³/mol. The zero-order chi connectivity index (χ0) is 21.7. The maximum atomic E-state index is 13.9. The van der Waals surface area contributed by atoms with Gasteiger partial charge in [0.1, 0.15) is 5.56 Å². The lowest BCUT2D eigenvalue weighted by atomic mass is 9.96. The van der Waals surface area contributed by atoms with Crippen LogP contribution >= 0.6 is 0 Å². The summed E-state index contributed by atoms with van der Waals surface area (Å²) in [5.74, 6) is -1.73. The summed E-state index contributed by atoms with van der Waals surface area (Å²) in [6.07, 6.45) is 3.61. The van der Waals surface area contributed by atoms with Gasteiger partial charge in [0.25, 0.3) is 11.8 Å². The van der Waals surface area contributed by atoms with Crippen molar-refractivity contribution in [3.63, 3.8) is 0 Å². The van der Waals surface area contributed by atoms with Crippen molar-refractivity contribution in [2.24, 2.45) is 0 Å². The molecule has 0 unspecified atom stereocenters. The summed E-state index contributed by atoms with van der Waals surface area (Å²) in [4.78, 5) is 36.9. The standard InChI is InChI=1S/C22H24FN3O4/c1-2-3-4-11-24-21(27)16-8-9-17-14-25(12-10-15(17)13-16)22(28)18-6-5-7-19(23)20(18)26(29)30/h5-9,13H,2-4,10-12,14H2,1H3,(H,24,27). The van der Waals surface area contributed by atoms with Crippen molar-refractivity contribution in [3.05, 3.63) is 74.6 Å². The number of hydrogen-bond donors (Lipinski definition) is 1. The fraction of sp³-hybridized carbons (Fsp3) is 0.364. The van der Waals surface area contributed by atoms with Gasteiger partial charge in [-0.05, 0) is 48.2 Å². The molecule has 0 saturated carbocycles. The molecule has 0 bridgehead atoms.